The Kier molecular flexibility index (Phi) is 4.37. The van der Waals surface area contributed by atoms with Gasteiger partial charge in [0.25, 0.3) is 0 Å². The second kappa shape index (κ2) is 6.30. The van der Waals surface area contributed by atoms with Crippen molar-refractivity contribution in [1.29, 1.82) is 0 Å². The number of anilines is 1. The molecule has 0 aromatic carbocycles. The number of rotatable bonds is 4. The standard InChI is InChI=1S/C18H27N5/c1-5-7-18(4)8-6-9-22(13-18)16-11-19-12-17(20-16)23-15(3)10-14(2)21-23/h10-12H,5-9,13H2,1-4H3. The molecule has 0 aliphatic carbocycles. The Hall–Kier alpha value is -1.91. The highest BCUT2D eigenvalue weighted by atomic mass is 15.3. The molecule has 1 unspecified atom stereocenters. The Balaban J connectivity index is 1.86. The third-order valence-corrected chi connectivity index (χ3v) is 4.79. The second-order valence-corrected chi connectivity index (χ2v) is 7.16. The van der Waals surface area contributed by atoms with Gasteiger partial charge in [-0.25, -0.2) is 9.67 Å². The number of aryl methyl sites for hydroxylation is 2. The molecule has 5 heteroatoms. The van der Waals surface area contributed by atoms with E-state index >= 15 is 0 Å². The van der Waals surface area contributed by atoms with Crippen LogP contribution in [-0.4, -0.2) is 32.8 Å². The Bertz CT molecular complexity index is 674. The second-order valence-electron chi connectivity index (χ2n) is 7.16. The highest BCUT2D eigenvalue weighted by Crippen LogP contribution is 2.35. The zero-order chi connectivity index (χ0) is 16.4. The molecular formula is C18H27N5. The summed E-state index contributed by atoms with van der Waals surface area (Å²) in [6.45, 7) is 10.9. The number of aromatic nitrogens is 4. The summed E-state index contributed by atoms with van der Waals surface area (Å²) in [5.41, 5.74) is 2.48. The molecule has 2 aromatic heterocycles. The van der Waals surface area contributed by atoms with Gasteiger partial charge in [0, 0.05) is 18.8 Å². The number of hydrogen-bond acceptors (Lipinski definition) is 4. The van der Waals surface area contributed by atoms with Crippen molar-refractivity contribution in [3.8, 4) is 5.82 Å². The summed E-state index contributed by atoms with van der Waals surface area (Å²) in [5.74, 6) is 1.77. The van der Waals surface area contributed by atoms with Crippen LogP contribution >= 0.6 is 0 Å². The fourth-order valence-corrected chi connectivity index (χ4v) is 3.78. The first-order valence-corrected chi connectivity index (χ1v) is 8.61. The van der Waals surface area contributed by atoms with Crippen LogP contribution in [0.5, 0.6) is 0 Å². The van der Waals surface area contributed by atoms with Crippen molar-refractivity contribution in [2.75, 3.05) is 18.0 Å². The Morgan fingerprint density at radius 3 is 2.70 bits per heavy atom. The van der Waals surface area contributed by atoms with Gasteiger partial charge in [-0.1, -0.05) is 20.3 Å². The molecule has 0 N–H and O–H groups in total. The average molecular weight is 313 g/mol. The van der Waals surface area contributed by atoms with Crippen LogP contribution in [0.15, 0.2) is 18.5 Å². The number of nitrogens with zero attached hydrogens (tertiary/aromatic N) is 5. The molecule has 0 saturated carbocycles. The predicted molar refractivity (Wildman–Crippen MR) is 93.1 cm³/mol. The molecule has 23 heavy (non-hydrogen) atoms. The van der Waals surface area contributed by atoms with Gasteiger partial charge in [-0.15, -0.1) is 0 Å². The largest absolute Gasteiger partial charge is 0.355 e. The summed E-state index contributed by atoms with van der Waals surface area (Å²) in [6, 6.07) is 2.06. The monoisotopic (exact) mass is 313 g/mol. The Morgan fingerprint density at radius 2 is 2.00 bits per heavy atom. The van der Waals surface area contributed by atoms with E-state index in [-0.39, 0.29) is 0 Å². The van der Waals surface area contributed by atoms with E-state index in [1.165, 1.54) is 25.7 Å². The molecule has 1 saturated heterocycles. The molecular weight excluding hydrogens is 286 g/mol. The molecule has 3 rings (SSSR count). The molecule has 0 radical (unpaired) electrons. The van der Waals surface area contributed by atoms with Crippen molar-refractivity contribution in [3.63, 3.8) is 0 Å². The van der Waals surface area contributed by atoms with E-state index in [0.29, 0.717) is 5.41 Å². The van der Waals surface area contributed by atoms with Crippen LogP contribution in [-0.2, 0) is 0 Å². The Labute approximate surface area is 138 Å². The fourth-order valence-electron chi connectivity index (χ4n) is 3.78. The summed E-state index contributed by atoms with van der Waals surface area (Å²) in [6.07, 6.45) is 8.71. The van der Waals surface area contributed by atoms with Gasteiger partial charge in [-0.05, 0) is 44.6 Å². The summed E-state index contributed by atoms with van der Waals surface area (Å²) < 4.78 is 1.88. The summed E-state index contributed by atoms with van der Waals surface area (Å²) in [5, 5.41) is 4.52. The van der Waals surface area contributed by atoms with Crippen LogP contribution in [0.2, 0.25) is 0 Å². The highest BCUT2D eigenvalue weighted by Gasteiger charge is 2.30. The van der Waals surface area contributed by atoms with Crippen molar-refractivity contribution in [2.24, 2.45) is 5.41 Å². The first-order chi connectivity index (χ1) is 11.0. The van der Waals surface area contributed by atoms with E-state index in [0.717, 1.165) is 36.1 Å². The normalized spacial score (nSPS) is 21.7. The van der Waals surface area contributed by atoms with Crippen LogP contribution in [0, 0.1) is 19.3 Å². The maximum atomic E-state index is 4.83. The van der Waals surface area contributed by atoms with E-state index in [4.69, 9.17) is 4.98 Å². The van der Waals surface area contributed by atoms with Gasteiger partial charge in [0.1, 0.15) is 5.82 Å². The first-order valence-electron chi connectivity index (χ1n) is 8.61. The van der Waals surface area contributed by atoms with Gasteiger partial charge in [-0.2, -0.15) is 5.10 Å². The zero-order valence-electron chi connectivity index (χ0n) is 14.7. The van der Waals surface area contributed by atoms with E-state index in [1.807, 2.05) is 24.7 Å². The van der Waals surface area contributed by atoms with Crippen molar-refractivity contribution >= 4 is 5.82 Å². The number of piperidine rings is 1. The van der Waals surface area contributed by atoms with Crippen molar-refractivity contribution in [3.05, 3.63) is 29.8 Å². The van der Waals surface area contributed by atoms with Crippen molar-refractivity contribution in [2.45, 2.75) is 53.4 Å². The van der Waals surface area contributed by atoms with E-state index in [2.05, 4.69) is 34.9 Å². The summed E-state index contributed by atoms with van der Waals surface area (Å²) in [4.78, 5) is 11.6. The molecule has 0 amide bonds. The molecule has 1 fully saturated rings. The fraction of sp³-hybridized carbons (Fsp3) is 0.611. The predicted octanol–water partition coefficient (Wildman–Crippen LogP) is 3.69. The van der Waals surface area contributed by atoms with Crippen molar-refractivity contribution < 1.29 is 0 Å². The smallest absolute Gasteiger partial charge is 0.174 e. The molecule has 2 aromatic rings. The lowest BCUT2D eigenvalue weighted by Crippen LogP contribution is -2.42. The summed E-state index contributed by atoms with van der Waals surface area (Å²) >= 11 is 0. The van der Waals surface area contributed by atoms with E-state index in [9.17, 15) is 0 Å². The van der Waals surface area contributed by atoms with Crippen LogP contribution in [0.3, 0.4) is 0 Å². The van der Waals surface area contributed by atoms with Crippen LogP contribution in [0.1, 0.15) is 50.9 Å². The van der Waals surface area contributed by atoms with Gasteiger partial charge in [0.05, 0.1) is 18.1 Å². The third kappa shape index (κ3) is 3.38. The lowest BCUT2D eigenvalue weighted by Gasteiger charge is -2.41. The van der Waals surface area contributed by atoms with Gasteiger partial charge < -0.3 is 4.90 Å². The minimum Gasteiger partial charge on any atom is -0.355 e. The molecule has 1 atom stereocenters. The average Bonchev–Trinajstić information content (AvgIpc) is 2.86. The zero-order valence-corrected chi connectivity index (χ0v) is 14.7. The van der Waals surface area contributed by atoms with Gasteiger partial charge in [0.2, 0.25) is 0 Å². The molecule has 1 aliphatic rings. The minimum absolute atomic E-state index is 0.392. The minimum atomic E-state index is 0.392. The topological polar surface area (TPSA) is 46.8 Å². The molecule has 1 aliphatic heterocycles. The number of hydrogen-bond donors (Lipinski definition) is 0. The maximum absolute atomic E-state index is 4.83. The summed E-state index contributed by atoms with van der Waals surface area (Å²) in [7, 11) is 0. The van der Waals surface area contributed by atoms with Crippen LogP contribution in [0.25, 0.3) is 5.82 Å². The molecule has 0 spiro atoms. The van der Waals surface area contributed by atoms with E-state index < -0.39 is 0 Å². The van der Waals surface area contributed by atoms with Crippen LogP contribution in [0.4, 0.5) is 5.82 Å². The van der Waals surface area contributed by atoms with Gasteiger partial charge >= 0.3 is 0 Å². The van der Waals surface area contributed by atoms with Gasteiger partial charge in [-0.3, -0.25) is 4.98 Å². The molecule has 0 bridgehead atoms. The van der Waals surface area contributed by atoms with Gasteiger partial charge in [0.15, 0.2) is 5.82 Å². The third-order valence-electron chi connectivity index (χ3n) is 4.79. The SMILES string of the molecule is CCCC1(C)CCCN(c2cncc(-n3nc(C)cc3C)n2)C1. The maximum Gasteiger partial charge on any atom is 0.174 e. The quantitative estimate of drug-likeness (QED) is 0.864. The van der Waals surface area contributed by atoms with Crippen LogP contribution < -0.4 is 4.90 Å². The molecule has 124 valence electrons. The first kappa shape index (κ1) is 16.0. The molecule has 5 nitrogen and oxygen atoms in total. The lowest BCUT2D eigenvalue weighted by atomic mass is 9.78. The molecule has 3 heterocycles. The van der Waals surface area contributed by atoms with E-state index in [1.54, 1.807) is 6.20 Å². The van der Waals surface area contributed by atoms with Crippen molar-refractivity contribution in [1.82, 2.24) is 19.7 Å². The highest BCUT2D eigenvalue weighted by molar-refractivity contribution is 5.40. The lowest BCUT2D eigenvalue weighted by molar-refractivity contribution is 0.238. The Morgan fingerprint density at radius 1 is 1.22 bits per heavy atom.